The maximum Gasteiger partial charge on any atom is 0.266 e. The van der Waals surface area contributed by atoms with Crippen LogP contribution in [-0.4, -0.2) is 23.8 Å². The van der Waals surface area contributed by atoms with E-state index in [-0.39, 0.29) is 17.1 Å². The van der Waals surface area contributed by atoms with Gasteiger partial charge in [0.1, 0.15) is 17.5 Å². The number of aryl methyl sites for hydroxylation is 1. The van der Waals surface area contributed by atoms with E-state index in [0.717, 1.165) is 23.1 Å². The lowest BCUT2D eigenvalue weighted by Gasteiger charge is -2.26. The summed E-state index contributed by atoms with van der Waals surface area (Å²) in [7, 11) is 1.39. The molecular formula is C17H14F3N3O. The summed E-state index contributed by atoms with van der Waals surface area (Å²) in [6, 6.07) is 6.77. The number of hydrogen-bond donors (Lipinski definition) is 1. The minimum atomic E-state index is -1.82. The van der Waals surface area contributed by atoms with Crippen LogP contribution < -0.4 is 5.73 Å². The van der Waals surface area contributed by atoms with Gasteiger partial charge in [0.25, 0.3) is 5.91 Å². The highest BCUT2D eigenvalue weighted by molar-refractivity contribution is 6.08. The SMILES string of the molecule is Cc1ccc(C2(c3cc(F)cc(F)c3)N=C(N)N(C)C2=O)cc1F. The van der Waals surface area contributed by atoms with E-state index in [2.05, 4.69) is 4.99 Å². The van der Waals surface area contributed by atoms with Crippen LogP contribution in [0.25, 0.3) is 0 Å². The Morgan fingerprint density at radius 3 is 2.17 bits per heavy atom. The topological polar surface area (TPSA) is 58.7 Å². The second-order valence-electron chi connectivity index (χ2n) is 5.67. The summed E-state index contributed by atoms with van der Waals surface area (Å²) in [6.45, 7) is 1.56. The molecule has 0 radical (unpaired) electrons. The minimum absolute atomic E-state index is 0.0550. The number of aliphatic imine (C=N–C) groups is 1. The Morgan fingerprint density at radius 1 is 1.04 bits per heavy atom. The monoisotopic (exact) mass is 333 g/mol. The fourth-order valence-corrected chi connectivity index (χ4v) is 2.76. The lowest BCUT2D eigenvalue weighted by atomic mass is 9.82. The van der Waals surface area contributed by atoms with E-state index in [1.165, 1.54) is 19.2 Å². The van der Waals surface area contributed by atoms with Crippen LogP contribution in [0, 0.1) is 24.4 Å². The molecule has 24 heavy (non-hydrogen) atoms. The molecule has 1 atom stereocenters. The Bertz CT molecular complexity index is 861. The van der Waals surface area contributed by atoms with E-state index >= 15 is 0 Å². The molecule has 1 aliphatic heterocycles. The first-order chi connectivity index (χ1) is 11.3. The molecule has 1 unspecified atom stereocenters. The van der Waals surface area contributed by atoms with Crippen molar-refractivity contribution in [3.8, 4) is 0 Å². The van der Waals surface area contributed by atoms with Gasteiger partial charge in [-0.25, -0.2) is 18.2 Å². The first-order valence-corrected chi connectivity index (χ1v) is 7.12. The average Bonchev–Trinajstić information content (AvgIpc) is 2.74. The molecule has 0 aliphatic carbocycles. The Balaban J connectivity index is 2.34. The number of carbonyl (C=O) groups is 1. The molecule has 3 rings (SSSR count). The second kappa shape index (κ2) is 5.36. The molecule has 0 saturated carbocycles. The lowest BCUT2D eigenvalue weighted by Crippen LogP contribution is -2.41. The number of nitrogens with two attached hydrogens (primary N) is 1. The summed E-state index contributed by atoms with van der Waals surface area (Å²) >= 11 is 0. The van der Waals surface area contributed by atoms with Crippen LogP contribution >= 0.6 is 0 Å². The third-order valence-electron chi connectivity index (χ3n) is 4.11. The van der Waals surface area contributed by atoms with Gasteiger partial charge < -0.3 is 5.73 Å². The molecule has 0 spiro atoms. The molecule has 0 saturated heterocycles. The zero-order valence-electron chi connectivity index (χ0n) is 13.0. The highest BCUT2D eigenvalue weighted by Crippen LogP contribution is 2.40. The molecule has 2 N–H and O–H groups in total. The highest BCUT2D eigenvalue weighted by Gasteiger charge is 2.50. The standard InChI is InChI=1S/C17H14F3N3O/c1-9-3-4-10(7-14(9)20)17(15(24)23(2)16(21)22-17)11-5-12(18)8-13(19)6-11/h3-8H,1-2H3,(H2,21,22). The average molecular weight is 333 g/mol. The van der Waals surface area contributed by atoms with Crippen LogP contribution in [0.5, 0.6) is 0 Å². The first-order valence-electron chi connectivity index (χ1n) is 7.12. The number of likely N-dealkylation sites (N-methyl/N-ethyl adjacent to an activating group) is 1. The third kappa shape index (κ3) is 2.24. The van der Waals surface area contributed by atoms with Crippen LogP contribution in [-0.2, 0) is 10.3 Å². The van der Waals surface area contributed by atoms with Crippen LogP contribution in [0.3, 0.4) is 0 Å². The summed E-state index contributed by atoms with van der Waals surface area (Å²) in [6.07, 6.45) is 0. The fourth-order valence-electron chi connectivity index (χ4n) is 2.76. The Labute approximate surface area is 136 Å². The van der Waals surface area contributed by atoms with Crippen molar-refractivity contribution in [1.29, 1.82) is 0 Å². The number of hydrogen-bond acceptors (Lipinski definition) is 3. The highest BCUT2D eigenvalue weighted by atomic mass is 19.1. The predicted octanol–water partition coefficient (Wildman–Crippen LogP) is 2.44. The summed E-state index contributed by atoms with van der Waals surface area (Å²) in [5, 5.41) is 0. The van der Waals surface area contributed by atoms with Crippen molar-refractivity contribution in [2.24, 2.45) is 10.7 Å². The molecule has 2 aromatic carbocycles. The Morgan fingerprint density at radius 2 is 1.67 bits per heavy atom. The maximum atomic E-state index is 14.0. The summed E-state index contributed by atoms with van der Waals surface area (Å²) < 4.78 is 41.5. The van der Waals surface area contributed by atoms with E-state index in [4.69, 9.17) is 5.73 Å². The number of benzene rings is 2. The number of rotatable bonds is 2. The van der Waals surface area contributed by atoms with Gasteiger partial charge in [-0.05, 0) is 41.8 Å². The normalized spacial score (nSPS) is 20.5. The van der Waals surface area contributed by atoms with Crippen molar-refractivity contribution in [3.05, 3.63) is 70.5 Å². The van der Waals surface area contributed by atoms with Crippen molar-refractivity contribution in [2.75, 3.05) is 7.05 Å². The zero-order valence-corrected chi connectivity index (χ0v) is 13.0. The van der Waals surface area contributed by atoms with Crippen molar-refractivity contribution in [3.63, 3.8) is 0 Å². The Hall–Kier alpha value is -2.83. The third-order valence-corrected chi connectivity index (χ3v) is 4.11. The fraction of sp³-hybridized carbons (Fsp3) is 0.176. The number of halogens is 3. The van der Waals surface area contributed by atoms with Gasteiger partial charge in [-0.1, -0.05) is 12.1 Å². The zero-order chi connectivity index (χ0) is 17.6. The van der Waals surface area contributed by atoms with Crippen LogP contribution in [0.1, 0.15) is 16.7 Å². The number of carbonyl (C=O) groups excluding carboxylic acids is 1. The molecule has 1 amide bonds. The van der Waals surface area contributed by atoms with Crippen LogP contribution in [0.15, 0.2) is 41.4 Å². The van der Waals surface area contributed by atoms with Crippen LogP contribution in [0.4, 0.5) is 13.2 Å². The minimum Gasteiger partial charge on any atom is -0.369 e. The molecule has 4 nitrogen and oxygen atoms in total. The quantitative estimate of drug-likeness (QED) is 0.918. The van der Waals surface area contributed by atoms with E-state index in [0.29, 0.717) is 11.6 Å². The largest absolute Gasteiger partial charge is 0.369 e. The first kappa shape index (κ1) is 16.0. The summed E-state index contributed by atoms with van der Waals surface area (Å²) in [4.78, 5) is 18.0. The number of guanidine groups is 1. The summed E-state index contributed by atoms with van der Waals surface area (Å²) in [5.41, 5.74) is 4.38. The molecule has 1 heterocycles. The molecule has 124 valence electrons. The van der Waals surface area contributed by atoms with E-state index in [1.807, 2.05) is 0 Å². The van der Waals surface area contributed by atoms with Gasteiger partial charge in [0.2, 0.25) is 0 Å². The van der Waals surface area contributed by atoms with Crippen molar-refractivity contribution >= 4 is 11.9 Å². The molecular weight excluding hydrogens is 319 g/mol. The van der Waals surface area contributed by atoms with Gasteiger partial charge in [-0.3, -0.25) is 9.69 Å². The smallest absolute Gasteiger partial charge is 0.266 e. The second-order valence-corrected chi connectivity index (χ2v) is 5.67. The molecule has 1 aliphatic rings. The van der Waals surface area contributed by atoms with E-state index < -0.39 is 28.9 Å². The van der Waals surface area contributed by atoms with Gasteiger partial charge in [0.15, 0.2) is 11.5 Å². The molecule has 2 aromatic rings. The molecule has 7 heteroatoms. The number of amides is 1. The maximum absolute atomic E-state index is 14.0. The molecule has 0 aromatic heterocycles. The van der Waals surface area contributed by atoms with Gasteiger partial charge in [-0.2, -0.15) is 0 Å². The van der Waals surface area contributed by atoms with Gasteiger partial charge in [-0.15, -0.1) is 0 Å². The molecule has 0 fully saturated rings. The predicted molar refractivity (Wildman–Crippen MR) is 82.7 cm³/mol. The van der Waals surface area contributed by atoms with Crippen molar-refractivity contribution in [1.82, 2.24) is 4.90 Å². The van der Waals surface area contributed by atoms with E-state index in [9.17, 15) is 18.0 Å². The van der Waals surface area contributed by atoms with E-state index in [1.54, 1.807) is 6.92 Å². The summed E-state index contributed by atoms with van der Waals surface area (Å²) in [5.74, 6) is -3.03. The number of nitrogens with zero attached hydrogens (tertiary/aromatic N) is 2. The van der Waals surface area contributed by atoms with Gasteiger partial charge >= 0.3 is 0 Å². The molecule has 0 bridgehead atoms. The lowest BCUT2D eigenvalue weighted by molar-refractivity contribution is -0.129. The van der Waals surface area contributed by atoms with Crippen molar-refractivity contribution < 1.29 is 18.0 Å². The van der Waals surface area contributed by atoms with Crippen LogP contribution in [0.2, 0.25) is 0 Å². The Kier molecular flexibility index (Phi) is 3.59. The van der Waals surface area contributed by atoms with Gasteiger partial charge in [0.05, 0.1) is 0 Å². The van der Waals surface area contributed by atoms with Crippen molar-refractivity contribution in [2.45, 2.75) is 12.5 Å². The van der Waals surface area contributed by atoms with Gasteiger partial charge in [0, 0.05) is 13.1 Å².